The molecule has 0 spiro atoms. The zero-order valence-corrected chi connectivity index (χ0v) is 16.1. The summed E-state index contributed by atoms with van der Waals surface area (Å²) in [5.41, 5.74) is 2.14. The summed E-state index contributed by atoms with van der Waals surface area (Å²) in [6, 6.07) is 14.2. The number of ether oxygens (including phenoxy) is 1. The first kappa shape index (κ1) is 19.7. The molecule has 6 nitrogen and oxygen atoms in total. The molecule has 1 atom stereocenters. The van der Waals surface area contributed by atoms with Gasteiger partial charge in [0.15, 0.2) is 5.96 Å². The number of benzene rings is 1. The first-order valence-electron chi connectivity index (χ1n) is 8.86. The second kappa shape index (κ2) is 10.4. The van der Waals surface area contributed by atoms with Gasteiger partial charge in [-0.3, -0.25) is 4.98 Å². The minimum Gasteiger partial charge on any atom is -0.497 e. The van der Waals surface area contributed by atoms with Crippen molar-refractivity contribution in [1.29, 1.82) is 0 Å². The topological polar surface area (TPSA) is 61.8 Å². The minimum atomic E-state index is 0.198. The summed E-state index contributed by atoms with van der Waals surface area (Å²) >= 11 is 0. The zero-order valence-electron chi connectivity index (χ0n) is 16.1. The summed E-state index contributed by atoms with van der Waals surface area (Å²) in [5, 5.41) is 6.73. The molecule has 1 heterocycles. The van der Waals surface area contributed by atoms with Crippen LogP contribution in [-0.2, 0) is 6.54 Å². The highest BCUT2D eigenvalue weighted by atomic mass is 16.5. The first-order chi connectivity index (χ1) is 12.6. The second-order valence-corrected chi connectivity index (χ2v) is 6.15. The van der Waals surface area contributed by atoms with E-state index >= 15 is 0 Å². The van der Waals surface area contributed by atoms with Crippen LogP contribution in [0.1, 0.15) is 24.2 Å². The fourth-order valence-corrected chi connectivity index (χ4v) is 2.63. The summed E-state index contributed by atoms with van der Waals surface area (Å²) < 4.78 is 5.35. The third kappa shape index (κ3) is 6.04. The van der Waals surface area contributed by atoms with Gasteiger partial charge in [0.25, 0.3) is 0 Å². The highest BCUT2D eigenvalue weighted by molar-refractivity contribution is 5.79. The summed E-state index contributed by atoms with van der Waals surface area (Å²) in [5.74, 6) is 1.65. The van der Waals surface area contributed by atoms with Crippen LogP contribution in [0.3, 0.4) is 0 Å². The number of nitrogens with zero attached hydrogens (tertiary/aromatic N) is 3. The monoisotopic (exact) mass is 355 g/mol. The Bertz CT molecular complexity index is 688. The average molecular weight is 355 g/mol. The molecule has 140 valence electrons. The van der Waals surface area contributed by atoms with Crippen LogP contribution in [0.2, 0.25) is 0 Å². The van der Waals surface area contributed by atoms with E-state index < -0.39 is 0 Å². The lowest BCUT2D eigenvalue weighted by atomic mass is 10.1. The Morgan fingerprint density at radius 2 is 2.04 bits per heavy atom. The molecule has 1 unspecified atom stereocenters. The molecular weight excluding hydrogens is 326 g/mol. The molecule has 2 rings (SSSR count). The van der Waals surface area contributed by atoms with E-state index in [0.29, 0.717) is 6.54 Å². The number of hydrogen-bond acceptors (Lipinski definition) is 4. The minimum absolute atomic E-state index is 0.198. The summed E-state index contributed by atoms with van der Waals surface area (Å²) in [6.45, 7) is 4.14. The highest BCUT2D eigenvalue weighted by Crippen LogP contribution is 2.22. The molecule has 1 aromatic heterocycles. The molecular formula is C20H29N5O. The van der Waals surface area contributed by atoms with Crippen molar-refractivity contribution in [1.82, 2.24) is 20.5 Å². The number of aromatic nitrogens is 1. The van der Waals surface area contributed by atoms with Gasteiger partial charge in [0, 0.05) is 19.3 Å². The SMILES string of the molecule is CCNC(=NCc1ccccn1)NCC(c1cccc(OC)c1)N(C)C. The van der Waals surface area contributed by atoms with Gasteiger partial charge in [-0.2, -0.15) is 0 Å². The molecule has 0 aliphatic carbocycles. The van der Waals surface area contributed by atoms with Crippen LogP contribution in [0.25, 0.3) is 0 Å². The van der Waals surface area contributed by atoms with E-state index in [9.17, 15) is 0 Å². The van der Waals surface area contributed by atoms with Crippen LogP contribution in [0.5, 0.6) is 5.75 Å². The normalized spacial score (nSPS) is 12.7. The third-order valence-corrected chi connectivity index (χ3v) is 4.03. The number of hydrogen-bond donors (Lipinski definition) is 2. The van der Waals surface area contributed by atoms with E-state index in [1.807, 2.05) is 30.3 Å². The standard InChI is InChI=1S/C20H29N5O/c1-5-21-20(23-14-17-10-6-7-12-22-17)24-15-19(25(2)3)16-9-8-11-18(13-16)26-4/h6-13,19H,5,14-15H2,1-4H3,(H2,21,23,24). The summed E-state index contributed by atoms with van der Waals surface area (Å²) in [4.78, 5) is 11.1. The van der Waals surface area contributed by atoms with Gasteiger partial charge in [-0.1, -0.05) is 18.2 Å². The lowest BCUT2D eigenvalue weighted by Crippen LogP contribution is -2.41. The Morgan fingerprint density at radius 3 is 2.69 bits per heavy atom. The molecule has 0 fully saturated rings. The number of aliphatic imine (C=N–C) groups is 1. The highest BCUT2D eigenvalue weighted by Gasteiger charge is 2.15. The molecule has 26 heavy (non-hydrogen) atoms. The van der Waals surface area contributed by atoms with Gasteiger partial charge in [0.1, 0.15) is 5.75 Å². The van der Waals surface area contributed by atoms with E-state index in [-0.39, 0.29) is 6.04 Å². The fraction of sp³-hybridized carbons (Fsp3) is 0.400. The van der Waals surface area contributed by atoms with Gasteiger partial charge in [0.05, 0.1) is 25.4 Å². The molecule has 0 radical (unpaired) electrons. The van der Waals surface area contributed by atoms with Crippen LogP contribution >= 0.6 is 0 Å². The van der Waals surface area contributed by atoms with E-state index in [0.717, 1.165) is 30.5 Å². The van der Waals surface area contributed by atoms with E-state index in [1.165, 1.54) is 5.56 Å². The quantitative estimate of drug-likeness (QED) is 0.563. The number of guanidine groups is 1. The third-order valence-electron chi connectivity index (χ3n) is 4.03. The fourth-order valence-electron chi connectivity index (χ4n) is 2.63. The molecule has 2 aromatic rings. The van der Waals surface area contributed by atoms with Crippen molar-refractivity contribution in [3.63, 3.8) is 0 Å². The molecule has 0 amide bonds. The van der Waals surface area contributed by atoms with Crippen LogP contribution in [0.15, 0.2) is 53.7 Å². The molecule has 6 heteroatoms. The largest absolute Gasteiger partial charge is 0.497 e. The first-order valence-corrected chi connectivity index (χ1v) is 8.86. The van der Waals surface area contributed by atoms with Crippen LogP contribution in [0, 0.1) is 0 Å². The Labute approximate surface area is 156 Å². The van der Waals surface area contributed by atoms with Gasteiger partial charge in [0.2, 0.25) is 0 Å². The molecule has 2 N–H and O–H groups in total. The number of nitrogens with one attached hydrogen (secondary N) is 2. The van der Waals surface area contributed by atoms with E-state index in [2.05, 4.69) is 58.7 Å². The second-order valence-electron chi connectivity index (χ2n) is 6.15. The van der Waals surface area contributed by atoms with Crippen molar-refractivity contribution in [3.8, 4) is 5.75 Å². The smallest absolute Gasteiger partial charge is 0.191 e. The summed E-state index contributed by atoms with van der Waals surface area (Å²) in [6.07, 6.45) is 1.79. The predicted molar refractivity (Wildman–Crippen MR) is 106 cm³/mol. The number of likely N-dealkylation sites (N-methyl/N-ethyl adjacent to an activating group) is 1. The Balaban J connectivity index is 2.06. The van der Waals surface area contributed by atoms with Gasteiger partial charge >= 0.3 is 0 Å². The van der Waals surface area contributed by atoms with Crippen molar-refractivity contribution in [2.45, 2.75) is 19.5 Å². The Hall–Kier alpha value is -2.60. The predicted octanol–water partition coefficient (Wildman–Crippen LogP) is 2.45. The maximum absolute atomic E-state index is 5.35. The maximum Gasteiger partial charge on any atom is 0.191 e. The van der Waals surface area contributed by atoms with Crippen LogP contribution < -0.4 is 15.4 Å². The lowest BCUT2D eigenvalue weighted by molar-refractivity contribution is 0.297. The van der Waals surface area contributed by atoms with Crippen molar-refractivity contribution in [2.75, 3.05) is 34.3 Å². The lowest BCUT2D eigenvalue weighted by Gasteiger charge is -2.26. The maximum atomic E-state index is 5.35. The van der Waals surface area contributed by atoms with Gasteiger partial charge < -0.3 is 20.3 Å². The molecule has 0 aliphatic rings. The van der Waals surface area contributed by atoms with Crippen molar-refractivity contribution < 1.29 is 4.74 Å². The Kier molecular flexibility index (Phi) is 7.89. The molecule has 0 aliphatic heterocycles. The van der Waals surface area contributed by atoms with Crippen molar-refractivity contribution in [2.24, 2.45) is 4.99 Å². The van der Waals surface area contributed by atoms with Crippen LogP contribution in [0.4, 0.5) is 0 Å². The van der Waals surface area contributed by atoms with Gasteiger partial charge in [-0.15, -0.1) is 0 Å². The van der Waals surface area contributed by atoms with E-state index in [1.54, 1.807) is 13.3 Å². The van der Waals surface area contributed by atoms with Crippen molar-refractivity contribution in [3.05, 3.63) is 59.9 Å². The number of rotatable bonds is 8. The Morgan fingerprint density at radius 1 is 1.19 bits per heavy atom. The number of methoxy groups -OCH3 is 1. The van der Waals surface area contributed by atoms with Gasteiger partial charge in [-0.05, 0) is 50.8 Å². The van der Waals surface area contributed by atoms with Crippen LogP contribution in [-0.4, -0.2) is 50.1 Å². The van der Waals surface area contributed by atoms with Crippen molar-refractivity contribution >= 4 is 5.96 Å². The molecule has 0 saturated carbocycles. The molecule has 0 bridgehead atoms. The zero-order chi connectivity index (χ0) is 18.8. The van der Waals surface area contributed by atoms with E-state index in [4.69, 9.17) is 4.74 Å². The average Bonchev–Trinajstić information content (AvgIpc) is 2.67. The summed E-state index contributed by atoms with van der Waals surface area (Å²) in [7, 11) is 5.84. The molecule has 0 saturated heterocycles. The van der Waals surface area contributed by atoms with Gasteiger partial charge in [-0.25, -0.2) is 4.99 Å². The number of pyridine rings is 1. The molecule has 1 aromatic carbocycles.